The van der Waals surface area contributed by atoms with Crippen LogP contribution >= 0.6 is 12.4 Å². The topological polar surface area (TPSA) is 55.1 Å². The van der Waals surface area contributed by atoms with Gasteiger partial charge in [-0.15, -0.1) is 12.4 Å². The molecule has 3 N–H and O–H groups in total. The molecule has 0 spiro atoms. The number of nitrogens with two attached hydrogens (primary N) is 1. The van der Waals surface area contributed by atoms with E-state index in [1.807, 2.05) is 0 Å². The van der Waals surface area contributed by atoms with Gasteiger partial charge in [-0.25, -0.2) is 4.39 Å². The molecular formula is C12H16ClFN2O. The number of halogens is 2. The molecule has 0 unspecified atom stereocenters. The van der Waals surface area contributed by atoms with Crippen LogP contribution in [0.4, 0.5) is 4.39 Å². The molecule has 17 heavy (non-hydrogen) atoms. The van der Waals surface area contributed by atoms with E-state index in [-0.39, 0.29) is 24.1 Å². The summed E-state index contributed by atoms with van der Waals surface area (Å²) in [6, 6.07) is 4.80. The van der Waals surface area contributed by atoms with Gasteiger partial charge >= 0.3 is 0 Å². The van der Waals surface area contributed by atoms with Crippen molar-refractivity contribution in [1.82, 2.24) is 5.32 Å². The number of hydrogen-bond acceptors (Lipinski definition) is 2. The maximum Gasteiger partial charge on any atom is 0.240 e. The number of aryl methyl sites for hydroxylation is 1. The lowest BCUT2D eigenvalue weighted by Gasteiger charge is -2.10. The molecule has 0 aliphatic heterocycles. The monoisotopic (exact) mass is 258 g/mol. The summed E-state index contributed by atoms with van der Waals surface area (Å²) in [5.41, 5.74) is 6.56. The molecular weight excluding hydrogens is 243 g/mol. The molecule has 0 aromatic heterocycles. The van der Waals surface area contributed by atoms with E-state index in [1.54, 1.807) is 19.1 Å². The fourth-order valence-corrected chi connectivity index (χ4v) is 1.54. The summed E-state index contributed by atoms with van der Waals surface area (Å²) in [5, 5.41) is 2.76. The van der Waals surface area contributed by atoms with Crippen LogP contribution in [0.5, 0.6) is 0 Å². The lowest BCUT2D eigenvalue weighted by atomic mass is 10.1. The lowest BCUT2D eigenvalue weighted by Crippen LogP contribution is -2.42. The molecule has 0 saturated heterocycles. The van der Waals surface area contributed by atoms with Crippen molar-refractivity contribution in [2.45, 2.75) is 31.8 Å². The number of carbonyl (C=O) groups excluding carboxylic acids is 1. The molecule has 1 aromatic carbocycles. The molecule has 1 aromatic rings. The summed E-state index contributed by atoms with van der Waals surface area (Å²) in [6.07, 6.45) is 1.50. The molecule has 0 bridgehead atoms. The standard InChI is InChI=1S/C12H15FN2O.ClH/c1-8-6-9(2-3-10(8)13)7-15-11(16)12(14)4-5-12;/h2-3,6H,4-5,7,14H2,1H3,(H,15,16);1H. The van der Waals surface area contributed by atoms with Crippen molar-refractivity contribution in [3.8, 4) is 0 Å². The largest absolute Gasteiger partial charge is 0.350 e. The van der Waals surface area contributed by atoms with E-state index in [9.17, 15) is 9.18 Å². The highest BCUT2D eigenvalue weighted by molar-refractivity contribution is 5.88. The van der Waals surface area contributed by atoms with Gasteiger partial charge in [0.1, 0.15) is 5.82 Å². The van der Waals surface area contributed by atoms with Crippen molar-refractivity contribution < 1.29 is 9.18 Å². The van der Waals surface area contributed by atoms with E-state index in [4.69, 9.17) is 5.73 Å². The first kappa shape index (κ1) is 13.9. The molecule has 5 heteroatoms. The number of carbonyl (C=O) groups is 1. The lowest BCUT2D eigenvalue weighted by molar-refractivity contribution is -0.123. The van der Waals surface area contributed by atoms with Gasteiger partial charge in [-0.05, 0) is 37.0 Å². The van der Waals surface area contributed by atoms with Crippen molar-refractivity contribution >= 4 is 18.3 Å². The average molecular weight is 259 g/mol. The predicted molar refractivity (Wildman–Crippen MR) is 66.4 cm³/mol. The number of amides is 1. The van der Waals surface area contributed by atoms with Crippen molar-refractivity contribution in [3.63, 3.8) is 0 Å². The summed E-state index contributed by atoms with van der Waals surface area (Å²) in [7, 11) is 0. The van der Waals surface area contributed by atoms with Gasteiger partial charge in [0.25, 0.3) is 0 Å². The first-order valence-corrected chi connectivity index (χ1v) is 5.33. The first-order chi connectivity index (χ1) is 7.51. The maximum absolute atomic E-state index is 13.0. The van der Waals surface area contributed by atoms with Crippen molar-refractivity contribution in [2.75, 3.05) is 0 Å². The molecule has 3 nitrogen and oxygen atoms in total. The molecule has 1 saturated carbocycles. The van der Waals surface area contributed by atoms with E-state index < -0.39 is 5.54 Å². The van der Waals surface area contributed by atoms with E-state index in [2.05, 4.69) is 5.32 Å². The minimum absolute atomic E-state index is 0. The number of nitrogens with one attached hydrogen (secondary N) is 1. The number of rotatable bonds is 3. The second kappa shape index (κ2) is 5.02. The van der Waals surface area contributed by atoms with Crippen LogP contribution in [0.15, 0.2) is 18.2 Å². The van der Waals surface area contributed by atoms with Crippen LogP contribution < -0.4 is 11.1 Å². The first-order valence-electron chi connectivity index (χ1n) is 5.33. The second-order valence-corrected chi connectivity index (χ2v) is 4.42. The van der Waals surface area contributed by atoms with E-state index >= 15 is 0 Å². The molecule has 2 rings (SSSR count). The van der Waals surface area contributed by atoms with Gasteiger partial charge in [0.2, 0.25) is 5.91 Å². The quantitative estimate of drug-likeness (QED) is 0.867. The molecule has 0 atom stereocenters. The smallest absolute Gasteiger partial charge is 0.240 e. The Morgan fingerprint density at radius 1 is 1.53 bits per heavy atom. The zero-order valence-corrected chi connectivity index (χ0v) is 10.4. The Bertz CT molecular complexity index is 433. The minimum atomic E-state index is -0.644. The van der Waals surface area contributed by atoms with Gasteiger partial charge in [0, 0.05) is 6.54 Å². The second-order valence-electron chi connectivity index (χ2n) is 4.42. The maximum atomic E-state index is 13.0. The highest BCUT2D eigenvalue weighted by Gasteiger charge is 2.45. The summed E-state index contributed by atoms with van der Waals surface area (Å²) < 4.78 is 13.0. The highest BCUT2D eigenvalue weighted by atomic mass is 35.5. The number of hydrogen-bond donors (Lipinski definition) is 2. The molecule has 0 heterocycles. The molecule has 1 aliphatic rings. The third-order valence-corrected chi connectivity index (χ3v) is 2.92. The zero-order valence-electron chi connectivity index (χ0n) is 9.63. The molecule has 0 radical (unpaired) electrons. The summed E-state index contributed by atoms with van der Waals surface area (Å²) in [4.78, 5) is 11.5. The average Bonchev–Trinajstić information content (AvgIpc) is 2.99. The van der Waals surface area contributed by atoms with Crippen LogP contribution in [-0.4, -0.2) is 11.4 Å². The third-order valence-electron chi connectivity index (χ3n) is 2.92. The van der Waals surface area contributed by atoms with Gasteiger partial charge in [0.15, 0.2) is 0 Å². The van der Waals surface area contributed by atoms with Gasteiger partial charge in [-0.2, -0.15) is 0 Å². The van der Waals surface area contributed by atoms with Crippen molar-refractivity contribution in [1.29, 1.82) is 0 Å². The van der Waals surface area contributed by atoms with Gasteiger partial charge in [-0.1, -0.05) is 12.1 Å². The van der Waals surface area contributed by atoms with Gasteiger partial charge in [-0.3, -0.25) is 4.79 Å². The van der Waals surface area contributed by atoms with Crippen LogP contribution in [-0.2, 0) is 11.3 Å². The Hall–Kier alpha value is -1.13. The van der Waals surface area contributed by atoms with E-state index in [1.165, 1.54) is 6.07 Å². The predicted octanol–water partition coefficient (Wildman–Crippen LogP) is 1.66. The Morgan fingerprint density at radius 3 is 2.71 bits per heavy atom. The molecule has 1 aliphatic carbocycles. The van der Waals surface area contributed by atoms with Crippen LogP contribution in [0.25, 0.3) is 0 Å². The summed E-state index contributed by atoms with van der Waals surface area (Å²) in [5.74, 6) is -0.345. The van der Waals surface area contributed by atoms with Crippen molar-refractivity contribution in [2.24, 2.45) is 5.73 Å². The van der Waals surface area contributed by atoms with Crippen molar-refractivity contribution in [3.05, 3.63) is 35.1 Å². The Kier molecular flexibility index (Phi) is 4.11. The normalized spacial score (nSPS) is 15.9. The van der Waals surface area contributed by atoms with Gasteiger partial charge < -0.3 is 11.1 Å². The fraction of sp³-hybridized carbons (Fsp3) is 0.417. The van der Waals surface area contributed by atoms with E-state index in [0.29, 0.717) is 12.1 Å². The molecule has 1 fully saturated rings. The zero-order chi connectivity index (χ0) is 11.8. The number of benzene rings is 1. The Balaban J connectivity index is 0.00000144. The van der Waals surface area contributed by atoms with Crippen LogP contribution in [0, 0.1) is 12.7 Å². The summed E-state index contributed by atoms with van der Waals surface area (Å²) in [6.45, 7) is 2.10. The third kappa shape index (κ3) is 3.17. The Labute approximate surface area is 106 Å². The van der Waals surface area contributed by atoms with E-state index in [0.717, 1.165) is 18.4 Å². The summed E-state index contributed by atoms with van der Waals surface area (Å²) >= 11 is 0. The Morgan fingerprint density at radius 2 is 2.18 bits per heavy atom. The van der Waals surface area contributed by atoms with Crippen LogP contribution in [0.3, 0.4) is 0 Å². The fourth-order valence-electron chi connectivity index (χ4n) is 1.54. The molecule has 1 amide bonds. The SMILES string of the molecule is Cc1cc(CNC(=O)C2(N)CC2)ccc1F.Cl. The highest BCUT2D eigenvalue weighted by Crippen LogP contribution is 2.32. The molecule has 94 valence electrons. The van der Waals surface area contributed by atoms with Crippen LogP contribution in [0.1, 0.15) is 24.0 Å². The minimum Gasteiger partial charge on any atom is -0.350 e. The van der Waals surface area contributed by atoms with Gasteiger partial charge in [0.05, 0.1) is 5.54 Å². The van der Waals surface area contributed by atoms with Crippen LogP contribution in [0.2, 0.25) is 0 Å².